The second-order valence-corrected chi connectivity index (χ2v) is 4.83. The highest BCUT2D eigenvalue weighted by atomic mass is 16.4. The Morgan fingerprint density at radius 1 is 1.44 bits per heavy atom. The minimum atomic E-state index is 0.184. The molecule has 0 spiro atoms. The Hall–Kier alpha value is -1.71. The van der Waals surface area contributed by atoms with Gasteiger partial charge in [0.1, 0.15) is 5.84 Å². The summed E-state index contributed by atoms with van der Waals surface area (Å²) >= 11 is 0. The Morgan fingerprint density at radius 2 is 2.17 bits per heavy atom. The summed E-state index contributed by atoms with van der Waals surface area (Å²) in [6.45, 7) is 6.42. The van der Waals surface area contributed by atoms with Gasteiger partial charge >= 0.3 is 0 Å². The lowest BCUT2D eigenvalue weighted by atomic mass is 10.0. The summed E-state index contributed by atoms with van der Waals surface area (Å²) in [5.74, 6) is 0.769. The van der Waals surface area contributed by atoms with Gasteiger partial charge in [-0.3, -0.25) is 0 Å². The monoisotopic (exact) mass is 249 g/mol. The van der Waals surface area contributed by atoms with Crippen molar-refractivity contribution in [2.24, 2.45) is 10.9 Å². The van der Waals surface area contributed by atoms with E-state index in [-0.39, 0.29) is 11.9 Å². The molecule has 1 rings (SSSR count). The Morgan fingerprint density at radius 3 is 2.72 bits per heavy atom. The predicted molar refractivity (Wildman–Crippen MR) is 76.3 cm³/mol. The molecule has 100 valence electrons. The second kappa shape index (κ2) is 6.89. The molecule has 0 aliphatic rings. The molecule has 0 aliphatic carbocycles. The van der Waals surface area contributed by atoms with Crippen LogP contribution in [0.15, 0.2) is 29.4 Å². The van der Waals surface area contributed by atoms with Crippen molar-refractivity contribution >= 4 is 11.5 Å². The number of nitrogens with two attached hydrogens (primary N) is 1. The highest BCUT2D eigenvalue weighted by molar-refractivity contribution is 5.80. The minimum Gasteiger partial charge on any atom is -0.409 e. The number of nitrogens with one attached hydrogen (secondary N) is 1. The summed E-state index contributed by atoms with van der Waals surface area (Å²) in [6, 6.07) is 8.55. The summed E-state index contributed by atoms with van der Waals surface area (Å²) in [4.78, 5) is 0. The maximum absolute atomic E-state index is 8.60. The lowest BCUT2D eigenvalue weighted by Gasteiger charge is -2.18. The number of rotatable bonds is 6. The van der Waals surface area contributed by atoms with E-state index in [9.17, 15) is 0 Å². The molecule has 0 bridgehead atoms. The predicted octanol–water partition coefficient (Wildman–Crippen LogP) is 3.14. The highest BCUT2D eigenvalue weighted by Gasteiger charge is 2.09. The Kier molecular flexibility index (Phi) is 5.49. The number of hydrogen-bond acceptors (Lipinski definition) is 3. The van der Waals surface area contributed by atoms with E-state index in [1.165, 1.54) is 5.56 Å². The Balaban J connectivity index is 2.72. The van der Waals surface area contributed by atoms with E-state index in [1.54, 1.807) is 0 Å². The molecule has 0 fully saturated rings. The van der Waals surface area contributed by atoms with Crippen LogP contribution in [0, 0.1) is 0 Å². The molecule has 0 aromatic heterocycles. The fourth-order valence-electron chi connectivity index (χ4n) is 1.81. The quantitative estimate of drug-likeness (QED) is 0.314. The maximum atomic E-state index is 8.60. The highest BCUT2D eigenvalue weighted by Crippen LogP contribution is 2.20. The van der Waals surface area contributed by atoms with Crippen molar-refractivity contribution in [2.75, 3.05) is 5.32 Å². The van der Waals surface area contributed by atoms with E-state index in [4.69, 9.17) is 10.9 Å². The molecule has 0 amide bonds. The van der Waals surface area contributed by atoms with Gasteiger partial charge in [-0.25, -0.2) is 0 Å². The van der Waals surface area contributed by atoms with Crippen molar-refractivity contribution in [3.8, 4) is 0 Å². The summed E-state index contributed by atoms with van der Waals surface area (Å²) in [6.07, 6.45) is 1.46. The lowest BCUT2D eigenvalue weighted by Crippen LogP contribution is -2.26. The van der Waals surface area contributed by atoms with Crippen LogP contribution in [0.1, 0.15) is 45.1 Å². The van der Waals surface area contributed by atoms with E-state index in [2.05, 4.69) is 43.4 Å². The van der Waals surface area contributed by atoms with Gasteiger partial charge in [-0.05, 0) is 30.0 Å². The van der Waals surface area contributed by atoms with Crippen molar-refractivity contribution in [3.63, 3.8) is 0 Å². The van der Waals surface area contributed by atoms with Gasteiger partial charge < -0.3 is 16.3 Å². The van der Waals surface area contributed by atoms with E-state index < -0.39 is 0 Å². The third-order valence-electron chi connectivity index (χ3n) is 3.00. The van der Waals surface area contributed by atoms with Gasteiger partial charge in [0.25, 0.3) is 0 Å². The van der Waals surface area contributed by atoms with Crippen molar-refractivity contribution in [1.29, 1.82) is 0 Å². The SMILES string of the molecule is CCC(CC(N)=NO)Nc1cccc(C(C)C)c1. The van der Waals surface area contributed by atoms with Crippen LogP contribution in [0.4, 0.5) is 5.69 Å². The van der Waals surface area contributed by atoms with Crippen LogP contribution in [0.3, 0.4) is 0 Å². The van der Waals surface area contributed by atoms with E-state index in [0.29, 0.717) is 12.3 Å². The summed E-state index contributed by atoms with van der Waals surface area (Å²) < 4.78 is 0. The number of hydrogen-bond donors (Lipinski definition) is 3. The fraction of sp³-hybridized carbons (Fsp3) is 0.500. The fourth-order valence-corrected chi connectivity index (χ4v) is 1.81. The van der Waals surface area contributed by atoms with Crippen molar-refractivity contribution in [2.45, 2.75) is 45.6 Å². The van der Waals surface area contributed by atoms with E-state index >= 15 is 0 Å². The second-order valence-electron chi connectivity index (χ2n) is 4.83. The molecule has 1 aromatic rings. The molecule has 0 aliphatic heterocycles. The zero-order valence-electron chi connectivity index (χ0n) is 11.4. The zero-order valence-corrected chi connectivity index (χ0v) is 11.4. The number of nitrogens with zero attached hydrogens (tertiary/aromatic N) is 1. The molecule has 1 unspecified atom stereocenters. The molecule has 0 saturated carbocycles. The Labute approximate surface area is 109 Å². The molecule has 4 heteroatoms. The van der Waals surface area contributed by atoms with Crippen molar-refractivity contribution in [1.82, 2.24) is 0 Å². The standard InChI is InChI=1S/C14H23N3O/c1-4-12(9-14(15)17-18)16-13-7-5-6-11(8-13)10(2)3/h5-8,10,12,16,18H,4,9H2,1-3H3,(H2,15,17). The zero-order chi connectivity index (χ0) is 13.5. The first-order chi connectivity index (χ1) is 8.56. The van der Waals surface area contributed by atoms with Crippen LogP contribution in [0.5, 0.6) is 0 Å². The molecule has 4 nitrogen and oxygen atoms in total. The third kappa shape index (κ3) is 4.28. The topological polar surface area (TPSA) is 70.6 Å². The molecule has 18 heavy (non-hydrogen) atoms. The molecule has 1 atom stereocenters. The minimum absolute atomic E-state index is 0.184. The molecule has 4 N–H and O–H groups in total. The third-order valence-corrected chi connectivity index (χ3v) is 3.00. The van der Waals surface area contributed by atoms with Gasteiger partial charge in [0.15, 0.2) is 0 Å². The molecule has 0 radical (unpaired) electrons. The van der Waals surface area contributed by atoms with Crippen LogP contribution in [0.2, 0.25) is 0 Å². The van der Waals surface area contributed by atoms with E-state index in [1.807, 2.05) is 12.1 Å². The average Bonchev–Trinajstić information content (AvgIpc) is 2.38. The van der Waals surface area contributed by atoms with Gasteiger partial charge in [0.2, 0.25) is 0 Å². The van der Waals surface area contributed by atoms with Crippen molar-refractivity contribution in [3.05, 3.63) is 29.8 Å². The van der Waals surface area contributed by atoms with Crippen LogP contribution in [-0.4, -0.2) is 17.1 Å². The lowest BCUT2D eigenvalue weighted by molar-refractivity contribution is 0.316. The van der Waals surface area contributed by atoms with Crippen LogP contribution in [-0.2, 0) is 0 Å². The summed E-state index contributed by atoms with van der Waals surface area (Å²) in [7, 11) is 0. The molecular formula is C14H23N3O. The molecule has 0 saturated heterocycles. The maximum Gasteiger partial charge on any atom is 0.141 e. The molecular weight excluding hydrogens is 226 g/mol. The van der Waals surface area contributed by atoms with Gasteiger partial charge in [-0.1, -0.05) is 38.1 Å². The number of anilines is 1. The first-order valence-electron chi connectivity index (χ1n) is 6.39. The van der Waals surface area contributed by atoms with Crippen LogP contribution in [0.25, 0.3) is 0 Å². The van der Waals surface area contributed by atoms with Gasteiger partial charge in [0.05, 0.1) is 0 Å². The normalized spacial score (nSPS) is 13.7. The molecule has 0 heterocycles. The number of amidine groups is 1. The first-order valence-corrected chi connectivity index (χ1v) is 6.39. The van der Waals surface area contributed by atoms with Gasteiger partial charge in [-0.2, -0.15) is 0 Å². The van der Waals surface area contributed by atoms with Crippen LogP contribution >= 0.6 is 0 Å². The Bertz CT molecular complexity index is 402. The average molecular weight is 249 g/mol. The summed E-state index contributed by atoms with van der Waals surface area (Å²) in [5.41, 5.74) is 7.93. The summed E-state index contributed by atoms with van der Waals surface area (Å²) in [5, 5.41) is 15.0. The van der Waals surface area contributed by atoms with Crippen LogP contribution < -0.4 is 11.1 Å². The first kappa shape index (κ1) is 14.4. The van der Waals surface area contributed by atoms with E-state index in [0.717, 1.165) is 12.1 Å². The van der Waals surface area contributed by atoms with Gasteiger partial charge in [0, 0.05) is 18.2 Å². The number of oxime groups is 1. The van der Waals surface area contributed by atoms with Crippen molar-refractivity contribution < 1.29 is 5.21 Å². The smallest absolute Gasteiger partial charge is 0.141 e. The number of benzene rings is 1. The molecule has 1 aromatic carbocycles. The largest absolute Gasteiger partial charge is 0.409 e. The van der Waals surface area contributed by atoms with Gasteiger partial charge in [-0.15, -0.1) is 0 Å².